The number of furan rings is 1. The van der Waals surface area contributed by atoms with Crippen molar-refractivity contribution >= 4 is 15.9 Å². The van der Waals surface area contributed by atoms with Crippen LogP contribution in [0.3, 0.4) is 0 Å². The Kier molecular flexibility index (Phi) is 2.38. The Bertz CT molecular complexity index is 496. The lowest BCUT2D eigenvalue weighted by Gasteiger charge is -1.97. The summed E-state index contributed by atoms with van der Waals surface area (Å²) in [6.07, 6.45) is 1.61. The van der Waals surface area contributed by atoms with Crippen LogP contribution in [0.4, 0.5) is 0 Å². The average molecular weight is 248 g/mol. The summed E-state index contributed by atoms with van der Waals surface area (Å²) in [5, 5.41) is 8.74. The van der Waals surface area contributed by atoms with E-state index in [1.807, 2.05) is 18.2 Å². The van der Waals surface area contributed by atoms with Gasteiger partial charge in [-0.25, -0.2) is 0 Å². The molecule has 0 fully saturated rings. The number of hydrogen-bond acceptors (Lipinski definition) is 2. The molecule has 0 aliphatic rings. The van der Waals surface area contributed by atoms with Gasteiger partial charge in [0.2, 0.25) is 0 Å². The van der Waals surface area contributed by atoms with Gasteiger partial charge in [0.1, 0.15) is 5.76 Å². The Morgan fingerprint density at radius 1 is 1.29 bits per heavy atom. The summed E-state index contributed by atoms with van der Waals surface area (Å²) >= 11 is 3.37. The lowest BCUT2D eigenvalue weighted by Crippen LogP contribution is -1.77. The van der Waals surface area contributed by atoms with Gasteiger partial charge in [-0.1, -0.05) is 12.1 Å². The number of nitrogens with zero attached hydrogens (tertiary/aromatic N) is 1. The molecule has 2 rings (SSSR count). The Labute approximate surface area is 89.9 Å². The minimum atomic E-state index is 0.630. The fourth-order valence-electron chi connectivity index (χ4n) is 1.23. The molecule has 0 saturated heterocycles. The van der Waals surface area contributed by atoms with Crippen LogP contribution in [0.15, 0.2) is 45.5 Å². The van der Waals surface area contributed by atoms with Crippen LogP contribution in [-0.4, -0.2) is 0 Å². The molecule has 0 unspecified atom stereocenters. The summed E-state index contributed by atoms with van der Waals surface area (Å²) in [5.74, 6) is 0.752. The van der Waals surface area contributed by atoms with E-state index in [1.165, 1.54) is 0 Å². The van der Waals surface area contributed by atoms with Gasteiger partial charge < -0.3 is 4.42 Å². The minimum Gasteiger partial charge on any atom is -0.463 e. The van der Waals surface area contributed by atoms with E-state index in [0.29, 0.717) is 5.56 Å². The highest BCUT2D eigenvalue weighted by atomic mass is 79.9. The largest absolute Gasteiger partial charge is 0.463 e. The van der Waals surface area contributed by atoms with Crippen molar-refractivity contribution in [3.63, 3.8) is 0 Å². The molecule has 2 nitrogen and oxygen atoms in total. The van der Waals surface area contributed by atoms with Crippen molar-refractivity contribution in [1.82, 2.24) is 0 Å². The maximum Gasteiger partial charge on any atom is 0.148 e. The van der Waals surface area contributed by atoms with Gasteiger partial charge in [-0.05, 0) is 34.1 Å². The van der Waals surface area contributed by atoms with Crippen LogP contribution < -0.4 is 0 Å². The van der Waals surface area contributed by atoms with Gasteiger partial charge in [0.15, 0.2) is 0 Å². The Morgan fingerprint density at radius 2 is 2.14 bits per heavy atom. The Hall–Kier alpha value is -1.53. The van der Waals surface area contributed by atoms with E-state index in [9.17, 15) is 0 Å². The number of benzene rings is 1. The zero-order valence-electron chi connectivity index (χ0n) is 7.20. The predicted molar refractivity (Wildman–Crippen MR) is 56.6 cm³/mol. The second-order valence-corrected chi connectivity index (χ2v) is 3.64. The van der Waals surface area contributed by atoms with E-state index in [0.717, 1.165) is 15.8 Å². The van der Waals surface area contributed by atoms with Crippen molar-refractivity contribution < 1.29 is 4.42 Å². The van der Waals surface area contributed by atoms with Crippen LogP contribution >= 0.6 is 15.9 Å². The van der Waals surface area contributed by atoms with E-state index in [-0.39, 0.29) is 0 Å². The maximum atomic E-state index is 8.74. The molecule has 0 atom stereocenters. The first-order valence-electron chi connectivity index (χ1n) is 4.05. The number of rotatable bonds is 1. The van der Waals surface area contributed by atoms with Gasteiger partial charge in [0, 0.05) is 5.56 Å². The molecule has 0 saturated carbocycles. The lowest BCUT2D eigenvalue weighted by atomic mass is 10.1. The molecule has 3 heteroatoms. The molecule has 0 bridgehead atoms. The first-order chi connectivity index (χ1) is 6.81. The first-order valence-corrected chi connectivity index (χ1v) is 4.84. The number of nitriles is 1. The van der Waals surface area contributed by atoms with E-state index in [4.69, 9.17) is 9.68 Å². The Morgan fingerprint density at radius 3 is 2.79 bits per heavy atom. The van der Waals surface area contributed by atoms with Gasteiger partial charge in [-0.15, -0.1) is 0 Å². The molecule has 0 aliphatic carbocycles. The molecule has 0 amide bonds. The minimum absolute atomic E-state index is 0.630. The van der Waals surface area contributed by atoms with Gasteiger partial charge >= 0.3 is 0 Å². The third-order valence-electron chi connectivity index (χ3n) is 1.87. The number of halogens is 1. The summed E-state index contributed by atoms with van der Waals surface area (Å²) in [7, 11) is 0. The van der Waals surface area contributed by atoms with Gasteiger partial charge in [-0.3, -0.25) is 0 Å². The molecule has 2 aromatic rings. The lowest BCUT2D eigenvalue weighted by molar-refractivity contribution is 0.581. The van der Waals surface area contributed by atoms with Gasteiger partial charge in [0.05, 0.1) is 22.4 Å². The molecule has 0 N–H and O–H groups in total. The van der Waals surface area contributed by atoms with Crippen molar-refractivity contribution in [1.29, 1.82) is 5.26 Å². The average Bonchev–Trinajstić information content (AvgIpc) is 2.65. The zero-order valence-corrected chi connectivity index (χ0v) is 8.78. The molecule has 0 radical (unpaired) electrons. The fourth-order valence-corrected chi connectivity index (χ4v) is 1.66. The normalized spacial score (nSPS) is 9.71. The van der Waals surface area contributed by atoms with Crippen molar-refractivity contribution in [2.45, 2.75) is 0 Å². The smallest absolute Gasteiger partial charge is 0.148 e. The number of hydrogen-bond donors (Lipinski definition) is 0. The molecule has 0 spiro atoms. The molecular formula is C11H6BrNO. The van der Waals surface area contributed by atoms with Crippen molar-refractivity contribution in [3.05, 3.63) is 46.6 Å². The molecule has 1 aromatic carbocycles. The highest BCUT2D eigenvalue weighted by Crippen LogP contribution is 2.29. The van der Waals surface area contributed by atoms with Crippen LogP contribution in [0, 0.1) is 11.3 Å². The molecule has 0 aliphatic heterocycles. The first kappa shape index (κ1) is 9.04. The van der Waals surface area contributed by atoms with E-state index in [2.05, 4.69) is 22.0 Å². The summed E-state index contributed by atoms with van der Waals surface area (Å²) < 4.78 is 6.19. The monoisotopic (exact) mass is 247 g/mol. The summed E-state index contributed by atoms with van der Waals surface area (Å²) in [6.45, 7) is 0. The second kappa shape index (κ2) is 3.69. The highest BCUT2D eigenvalue weighted by Gasteiger charge is 2.06. The van der Waals surface area contributed by atoms with E-state index in [1.54, 1.807) is 18.4 Å². The topological polar surface area (TPSA) is 36.9 Å². The van der Waals surface area contributed by atoms with Crippen LogP contribution in [0.2, 0.25) is 0 Å². The van der Waals surface area contributed by atoms with Crippen molar-refractivity contribution in [3.8, 4) is 17.4 Å². The van der Waals surface area contributed by atoms with Gasteiger partial charge in [-0.2, -0.15) is 5.26 Å². The SMILES string of the molecule is N#Cc1cccc(-c2occc2Br)c1. The molecule has 68 valence electrons. The highest BCUT2D eigenvalue weighted by molar-refractivity contribution is 9.10. The molecule has 14 heavy (non-hydrogen) atoms. The third-order valence-corrected chi connectivity index (χ3v) is 2.50. The summed E-state index contributed by atoms with van der Waals surface area (Å²) in [5.41, 5.74) is 1.53. The molecule has 1 heterocycles. The summed E-state index contributed by atoms with van der Waals surface area (Å²) in [6, 6.07) is 11.2. The third kappa shape index (κ3) is 1.57. The standard InChI is InChI=1S/C11H6BrNO/c12-10-4-5-14-11(10)9-3-1-2-8(6-9)7-13/h1-6H. The Balaban J connectivity index is 2.53. The van der Waals surface area contributed by atoms with Crippen LogP contribution in [0.1, 0.15) is 5.56 Å². The zero-order chi connectivity index (χ0) is 9.97. The molecule has 1 aromatic heterocycles. The van der Waals surface area contributed by atoms with Crippen molar-refractivity contribution in [2.24, 2.45) is 0 Å². The van der Waals surface area contributed by atoms with Gasteiger partial charge in [0.25, 0.3) is 0 Å². The van der Waals surface area contributed by atoms with E-state index >= 15 is 0 Å². The van der Waals surface area contributed by atoms with Crippen LogP contribution in [0.25, 0.3) is 11.3 Å². The molecular weight excluding hydrogens is 242 g/mol. The second-order valence-electron chi connectivity index (χ2n) is 2.79. The fraction of sp³-hybridized carbons (Fsp3) is 0. The van der Waals surface area contributed by atoms with Crippen LogP contribution in [-0.2, 0) is 0 Å². The van der Waals surface area contributed by atoms with Crippen LogP contribution in [0.5, 0.6) is 0 Å². The van der Waals surface area contributed by atoms with E-state index < -0.39 is 0 Å². The maximum absolute atomic E-state index is 8.74. The predicted octanol–water partition coefficient (Wildman–Crippen LogP) is 3.58. The van der Waals surface area contributed by atoms with Crippen molar-refractivity contribution in [2.75, 3.05) is 0 Å². The summed E-state index contributed by atoms with van der Waals surface area (Å²) in [4.78, 5) is 0. The quantitative estimate of drug-likeness (QED) is 0.773.